The molecular weight excluding hydrogens is 350 g/mol. The lowest BCUT2D eigenvalue weighted by atomic mass is 9.84. The van der Waals surface area contributed by atoms with Gasteiger partial charge in [-0.1, -0.05) is 53.7 Å². The molecule has 156 valence electrons. The van der Waals surface area contributed by atoms with Crippen molar-refractivity contribution in [1.29, 1.82) is 0 Å². The number of likely N-dealkylation sites (tertiary alicyclic amines) is 1. The summed E-state index contributed by atoms with van der Waals surface area (Å²) >= 11 is 0. The Morgan fingerprint density at radius 2 is 1.50 bits per heavy atom. The molecule has 28 heavy (non-hydrogen) atoms. The Balaban J connectivity index is 1.94. The van der Waals surface area contributed by atoms with Gasteiger partial charge in [-0.2, -0.15) is 0 Å². The van der Waals surface area contributed by atoms with E-state index in [0.717, 1.165) is 5.56 Å². The number of esters is 1. The summed E-state index contributed by atoms with van der Waals surface area (Å²) in [6, 6.07) is 4.40. The Labute approximate surface area is 170 Å². The topological polar surface area (TPSA) is 46.6 Å². The van der Waals surface area contributed by atoms with E-state index in [9.17, 15) is 9.59 Å². The van der Waals surface area contributed by atoms with Gasteiger partial charge in [0.25, 0.3) is 0 Å². The zero-order chi connectivity index (χ0) is 21.3. The molecule has 1 aliphatic heterocycles. The maximum absolute atomic E-state index is 12.6. The standard InChI is InChI=1S/C24H37NO3/c1-16-13-19(23(3,4)5)14-17(2)20(16)15-28-21(26)18-9-11-25(12-10-18)22(27)24(6,7)8/h13-14,18H,9-12,15H2,1-8H3. The van der Waals surface area contributed by atoms with Crippen molar-refractivity contribution in [2.75, 3.05) is 13.1 Å². The largest absolute Gasteiger partial charge is 0.461 e. The van der Waals surface area contributed by atoms with Crippen molar-refractivity contribution >= 4 is 11.9 Å². The molecule has 0 aliphatic carbocycles. The number of benzene rings is 1. The lowest BCUT2D eigenvalue weighted by molar-refractivity contribution is -0.154. The van der Waals surface area contributed by atoms with Crippen molar-refractivity contribution in [3.05, 3.63) is 34.4 Å². The fourth-order valence-electron chi connectivity index (χ4n) is 3.71. The molecule has 1 saturated heterocycles. The van der Waals surface area contributed by atoms with E-state index in [4.69, 9.17) is 4.74 Å². The first kappa shape index (κ1) is 22.4. The van der Waals surface area contributed by atoms with Crippen molar-refractivity contribution in [1.82, 2.24) is 4.90 Å². The molecule has 4 heteroatoms. The SMILES string of the molecule is Cc1cc(C(C)(C)C)cc(C)c1COC(=O)C1CCN(C(=O)C(C)(C)C)CC1. The van der Waals surface area contributed by atoms with Gasteiger partial charge in [0.1, 0.15) is 6.61 Å². The molecule has 0 radical (unpaired) electrons. The lowest BCUT2D eigenvalue weighted by Crippen LogP contribution is -2.45. The van der Waals surface area contributed by atoms with Gasteiger partial charge in [0.2, 0.25) is 5.91 Å². The van der Waals surface area contributed by atoms with E-state index in [1.165, 1.54) is 16.7 Å². The van der Waals surface area contributed by atoms with Gasteiger partial charge >= 0.3 is 5.97 Å². The van der Waals surface area contributed by atoms with Crippen LogP contribution in [0.3, 0.4) is 0 Å². The van der Waals surface area contributed by atoms with E-state index < -0.39 is 0 Å². The third kappa shape index (κ3) is 5.36. The Bertz CT molecular complexity index is 706. The number of hydrogen-bond acceptors (Lipinski definition) is 3. The van der Waals surface area contributed by atoms with Crippen LogP contribution < -0.4 is 0 Å². The van der Waals surface area contributed by atoms with Gasteiger partial charge in [0, 0.05) is 18.5 Å². The summed E-state index contributed by atoms with van der Waals surface area (Å²) in [5, 5.41) is 0. The summed E-state index contributed by atoms with van der Waals surface area (Å²) < 4.78 is 5.68. The van der Waals surface area contributed by atoms with Gasteiger partial charge < -0.3 is 9.64 Å². The Morgan fingerprint density at radius 3 is 1.93 bits per heavy atom. The molecule has 4 nitrogen and oxygen atoms in total. The number of carbonyl (C=O) groups excluding carboxylic acids is 2. The third-order valence-electron chi connectivity index (χ3n) is 5.68. The number of aryl methyl sites for hydroxylation is 2. The van der Waals surface area contributed by atoms with Crippen molar-refractivity contribution in [2.45, 2.75) is 80.3 Å². The van der Waals surface area contributed by atoms with Crippen molar-refractivity contribution < 1.29 is 14.3 Å². The molecule has 1 amide bonds. The fraction of sp³-hybridized carbons (Fsp3) is 0.667. The van der Waals surface area contributed by atoms with Crippen LogP contribution in [0.1, 0.15) is 76.6 Å². The predicted molar refractivity (Wildman–Crippen MR) is 113 cm³/mol. The zero-order valence-electron chi connectivity index (χ0n) is 18.9. The first-order valence-corrected chi connectivity index (χ1v) is 10.4. The van der Waals surface area contributed by atoms with Gasteiger partial charge in [-0.3, -0.25) is 9.59 Å². The first-order chi connectivity index (χ1) is 12.8. The predicted octanol–water partition coefficient (Wildman–Crippen LogP) is 4.93. The van der Waals surface area contributed by atoms with Gasteiger partial charge in [-0.05, 0) is 54.4 Å². The van der Waals surface area contributed by atoms with Crippen molar-refractivity contribution in [2.24, 2.45) is 11.3 Å². The third-order valence-corrected chi connectivity index (χ3v) is 5.68. The monoisotopic (exact) mass is 387 g/mol. The Kier molecular flexibility index (Phi) is 6.62. The van der Waals surface area contributed by atoms with Crippen LogP contribution in [0.4, 0.5) is 0 Å². The molecule has 0 atom stereocenters. The summed E-state index contributed by atoms with van der Waals surface area (Å²) in [6.07, 6.45) is 1.36. The molecule has 1 aliphatic rings. The Morgan fingerprint density at radius 1 is 1.00 bits per heavy atom. The van der Waals surface area contributed by atoms with E-state index in [0.29, 0.717) is 32.5 Å². The number of carbonyl (C=O) groups is 2. The number of ether oxygens (including phenoxy) is 1. The van der Waals surface area contributed by atoms with Crippen LogP contribution in [-0.2, 0) is 26.3 Å². The van der Waals surface area contributed by atoms with E-state index in [-0.39, 0.29) is 28.6 Å². The minimum Gasteiger partial charge on any atom is -0.461 e. The highest BCUT2D eigenvalue weighted by Crippen LogP contribution is 2.28. The molecule has 1 fully saturated rings. The van der Waals surface area contributed by atoms with Crippen LogP contribution in [0.25, 0.3) is 0 Å². The van der Waals surface area contributed by atoms with Crippen molar-refractivity contribution in [3.8, 4) is 0 Å². The molecule has 0 spiro atoms. The second-order valence-corrected chi connectivity index (χ2v) is 10.3. The zero-order valence-corrected chi connectivity index (χ0v) is 18.9. The van der Waals surface area contributed by atoms with Gasteiger partial charge in [-0.25, -0.2) is 0 Å². The van der Waals surface area contributed by atoms with E-state index in [1.54, 1.807) is 0 Å². The van der Waals surface area contributed by atoms with Gasteiger partial charge in [-0.15, -0.1) is 0 Å². The van der Waals surface area contributed by atoms with Gasteiger partial charge in [0.05, 0.1) is 5.92 Å². The number of amides is 1. The average Bonchev–Trinajstić information content (AvgIpc) is 2.58. The van der Waals surface area contributed by atoms with Gasteiger partial charge in [0.15, 0.2) is 0 Å². The van der Waals surface area contributed by atoms with E-state index in [2.05, 4.69) is 46.8 Å². The minimum atomic E-state index is -0.373. The molecule has 0 saturated carbocycles. The summed E-state index contributed by atoms with van der Waals surface area (Å²) in [4.78, 5) is 26.8. The fourth-order valence-corrected chi connectivity index (χ4v) is 3.71. The first-order valence-electron chi connectivity index (χ1n) is 10.4. The smallest absolute Gasteiger partial charge is 0.309 e. The molecule has 1 aromatic carbocycles. The summed E-state index contributed by atoms with van der Waals surface area (Å²) in [5.74, 6) is -0.0930. The van der Waals surface area contributed by atoms with E-state index >= 15 is 0 Å². The summed E-state index contributed by atoms with van der Waals surface area (Å²) in [5.41, 5.74) is 4.46. The molecule has 0 bridgehead atoms. The molecular formula is C24H37NO3. The summed E-state index contributed by atoms with van der Waals surface area (Å²) in [6.45, 7) is 18.2. The number of nitrogens with zero attached hydrogens (tertiary/aromatic N) is 1. The molecule has 1 aromatic rings. The highest BCUT2D eigenvalue weighted by molar-refractivity contribution is 5.82. The maximum Gasteiger partial charge on any atom is 0.309 e. The second kappa shape index (κ2) is 8.26. The van der Waals surface area contributed by atoms with Crippen LogP contribution in [0.2, 0.25) is 0 Å². The molecule has 0 aromatic heterocycles. The minimum absolute atomic E-state index is 0.100. The number of hydrogen-bond donors (Lipinski definition) is 0. The normalized spacial score (nSPS) is 16.2. The molecule has 1 heterocycles. The highest BCUT2D eigenvalue weighted by atomic mass is 16.5. The van der Waals surface area contributed by atoms with Crippen LogP contribution in [0.15, 0.2) is 12.1 Å². The Hall–Kier alpha value is -1.84. The van der Waals surface area contributed by atoms with Crippen LogP contribution in [-0.4, -0.2) is 29.9 Å². The second-order valence-electron chi connectivity index (χ2n) is 10.3. The maximum atomic E-state index is 12.6. The van der Waals surface area contributed by atoms with Crippen molar-refractivity contribution in [3.63, 3.8) is 0 Å². The molecule has 0 unspecified atom stereocenters. The molecule has 2 rings (SSSR count). The summed E-state index contributed by atoms with van der Waals surface area (Å²) in [7, 11) is 0. The van der Waals surface area contributed by atoms with Crippen LogP contribution >= 0.6 is 0 Å². The average molecular weight is 388 g/mol. The number of piperidine rings is 1. The number of rotatable bonds is 3. The highest BCUT2D eigenvalue weighted by Gasteiger charge is 2.33. The quantitative estimate of drug-likeness (QED) is 0.691. The van der Waals surface area contributed by atoms with E-state index in [1.807, 2.05) is 25.7 Å². The molecule has 0 N–H and O–H groups in total. The van der Waals surface area contributed by atoms with Crippen LogP contribution in [0.5, 0.6) is 0 Å². The van der Waals surface area contributed by atoms with Crippen LogP contribution in [0, 0.1) is 25.2 Å². The lowest BCUT2D eigenvalue weighted by Gasteiger charge is -2.35.